The van der Waals surface area contributed by atoms with E-state index in [1.165, 1.54) is 12.1 Å². The van der Waals surface area contributed by atoms with E-state index >= 15 is 0 Å². The number of halogens is 4. The predicted octanol–water partition coefficient (Wildman–Crippen LogP) is 3.02. The molecule has 0 aliphatic rings. The third kappa shape index (κ3) is 5.06. The molecule has 0 bridgehead atoms. The number of hydrogen-bond donors (Lipinski definition) is 2. The summed E-state index contributed by atoms with van der Waals surface area (Å²) in [5, 5.41) is 22.7. The van der Waals surface area contributed by atoms with Gasteiger partial charge in [0.05, 0.1) is 6.10 Å². The fraction of sp³-hybridized carbons (Fsp3) is 0.500. The van der Waals surface area contributed by atoms with E-state index in [2.05, 4.69) is 14.8 Å². The lowest BCUT2D eigenvalue weighted by atomic mass is 10.0. The molecule has 2 atom stereocenters. The molecular formula is C12H13F4N3O3. The van der Waals surface area contributed by atoms with Crippen molar-refractivity contribution in [2.24, 2.45) is 5.11 Å². The number of aliphatic hydroxyl groups is 2. The zero-order chi connectivity index (χ0) is 16.8. The van der Waals surface area contributed by atoms with Crippen LogP contribution in [0, 0.1) is 0 Å². The van der Waals surface area contributed by atoms with Crippen LogP contribution in [-0.4, -0.2) is 35.4 Å². The third-order valence-electron chi connectivity index (χ3n) is 2.66. The van der Waals surface area contributed by atoms with E-state index in [0.717, 1.165) is 12.1 Å². The Morgan fingerprint density at radius 1 is 1.32 bits per heavy atom. The molecule has 0 aromatic heterocycles. The molecule has 0 fully saturated rings. The molecule has 1 aromatic carbocycles. The van der Waals surface area contributed by atoms with Gasteiger partial charge in [0.15, 0.2) is 0 Å². The molecule has 2 unspecified atom stereocenters. The molecule has 0 saturated heterocycles. The lowest BCUT2D eigenvalue weighted by Crippen LogP contribution is -2.33. The first-order chi connectivity index (χ1) is 10.3. The van der Waals surface area contributed by atoms with Gasteiger partial charge in [-0.1, -0.05) is 17.2 Å². The Kier molecular flexibility index (Phi) is 6.41. The zero-order valence-electron chi connectivity index (χ0n) is 11.1. The summed E-state index contributed by atoms with van der Waals surface area (Å²) in [6.45, 7) is -0.0750. The van der Waals surface area contributed by atoms with Crippen LogP contribution < -0.4 is 4.74 Å². The Bertz CT molecular complexity index is 538. The van der Waals surface area contributed by atoms with Crippen molar-refractivity contribution >= 4 is 0 Å². The van der Waals surface area contributed by atoms with Crippen molar-refractivity contribution < 1.29 is 32.5 Å². The van der Waals surface area contributed by atoms with Crippen LogP contribution in [0.2, 0.25) is 0 Å². The van der Waals surface area contributed by atoms with Gasteiger partial charge < -0.3 is 14.9 Å². The first-order valence-corrected chi connectivity index (χ1v) is 6.10. The summed E-state index contributed by atoms with van der Waals surface area (Å²) in [6, 6.07) is 4.43. The average Bonchev–Trinajstić information content (AvgIpc) is 2.46. The fourth-order valence-corrected chi connectivity index (χ4v) is 1.58. The van der Waals surface area contributed by atoms with Gasteiger partial charge in [-0.05, 0) is 29.6 Å². The fourth-order valence-electron chi connectivity index (χ4n) is 1.58. The molecule has 1 aromatic rings. The second-order valence-electron chi connectivity index (χ2n) is 4.29. The van der Waals surface area contributed by atoms with Crippen molar-refractivity contribution in [3.05, 3.63) is 40.3 Å². The minimum atomic E-state index is -4.66. The first kappa shape index (κ1) is 18.0. The molecule has 22 heavy (non-hydrogen) atoms. The van der Waals surface area contributed by atoms with E-state index in [1.54, 1.807) is 0 Å². The second kappa shape index (κ2) is 7.83. The van der Waals surface area contributed by atoms with E-state index in [9.17, 15) is 27.8 Å². The number of aliphatic hydroxyl groups excluding tert-OH is 2. The van der Waals surface area contributed by atoms with Gasteiger partial charge >= 0.3 is 12.5 Å². The maximum absolute atomic E-state index is 12.8. The van der Waals surface area contributed by atoms with Crippen LogP contribution in [0.1, 0.15) is 18.1 Å². The molecule has 122 valence electrons. The van der Waals surface area contributed by atoms with Gasteiger partial charge in [-0.3, -0.25) is 0 Å². The normalized spacial score (nSPS) is 14.3. The first-order valence-electron chi connectivity index (χ1n) is 6.10. The largest absolute Gasteiger partial charge is 0.461 e. The average molecular weight is 323 g/mol. The Balaban J connectivity index is 2.80. The van der Waals surface area contributed by atoms with Crippen LogP contribution in [0.25, 0.3) is 10.4 Å². The molecule has 0 radical (unpaired) electrons. The molecular weight excluding hydrogens is 310 g/mol. The van der Waals surface area contributed by atoms with Crippen LogP contribution in [0.15, 0.2) is 29.4 Å². The summed E-state index contributed by atoms with van der Waals surface area (Å²) in [6.07, 6.45) is -11.5. The SMILES string of the molecule is [N-]=[N+]=NCCC(O)C(O)c1cccc(OC(F)(F)C(F)F)c1. The zero-order valence-corrected chi connectivity index (χ0v) is 11.1. The van der Waals surface area contributed by atoms with Crippen LogP contribution in [0.4, 0.5) is 17.6 Å². The Labute approximate surface area is 122 Å². The molecule has 6 nitrogen and oxygen atoms in total. The van der Waals surface area contributed by atoms with Gasteiger partial charge in [0, 0.05) is 11.5 Å². The van der Waals surface area contributed by atoms with Gasteiger partial charge in [0.2, 0.25) is 0 Å². The summed E-state index contributed by atoms with van der Waals surface area (Å²) < 4.78 is 53.6. The van der Waals surface area contributed by atoms with E-state index < -0.39 is 30.5 Å². The summed E-state index contributed by atoms with van der Waals surface area (Å²) in [5.41, 5.74) is 8.09. The summed E-state index contributed by atoms with van der Waals surface area (Å²) in [4.78, 5) is 2.47. The molecule has 0 saturated carbocycles. The molecule has 0 aliphatic carbocycles. The maximum atomic E-state index is 12.8. The highest BCUT2D eigenvalue weighted by Crippen LogP contribution is 2.29. The number of hydrogen-bond acceptors (Lipinski definition) is 4. The summed E-state index contributed by atoms with van der Waals surface area (Å²) in [5.74, 6) is -0.580. The van der Waals surface area contributed by atoms with Crippen LogP contribution in [-0.2, 0) is 0 Å². The van der Waals surface area contributed by atoms with Crippen molar-refractivity contribution in [1.29, 1.82) is 0 Å². The van der Waals surface area contributed by atoms with E-state index in [1.807, 2.05) is 0 Å². The number of nitrogens with zero attached hydrogens (tertiary/aromatic N) is 3. The Hall–Kier alpha value is -2.03. The van der Waals surface area contributed by atoms with Crippen molar-refractivity contribution in [3.63, 3.8) is 0 Å². The molecule has 0 amide bonds. The highest BCUT2D eigenvalue weighted by atomic mass is 19.3. The molecule has 0 spiro atoms. The summed E-state index contributed by atoms with van der Waals surface area (Å²) in [7, 11) is 0. The number of alkyl halides is 4. The topological polar surface area (TPSA) is 98.5 Å². The van der Waals surface area contributed by atoms with Crippen molar-refractivity contribution in [3.8, 4) is 5.75 Å². The smallest absolute Gasteiger partial charge is 0.428 e. The highest BCUT2D eigenvalue weighted by Gasteiger charge is 2.44. The van der Waals surface area contributed by atoms with Crippen LogP contribution >= 0.6 is 0 Å². The minimum absolute atomic E-state index is 0.00370. The molecule has 10 heteroatoms. The molecule has 1 rings (SSSR count). The standard InChI is InChI=1S/C12H13F4N3O3/c13-11(14)12(15,16)22-8-3-1-2-7(6-8)10(21)9(20)4-5-18-19-17/h1-3,6,9-11,20-21H,4-5H2. The van der Waals surface area contributed by atoms with E-state index in [4.69, 9.17) is 5.53 Å². The lowest BCUT2D eigenvalue weighted by Gasteiger charge is -2.20. The highest BCUT2D eigenvalue weighted by molar-refractivity contribution is 5.30. The lowest BCUT2D eigenvalue weighted by molar-refractivity contribution is -0.253. The van der Waals surface area contributed by atoms with E-state index in [0.29, 0.717) is 0 Å². The van der Waals surface area contributed by atoms with Crippen LogP contribution in [0.5, 0.6) is 5.75 Å². The van der Waals surface area contributed by atoms with Crippen molar-refractivity contribution in [2.75, 3.05) is 6.54 Å². The van der Waals surface area contributed by atoms with Crippen molar-refractivity contribution in [2.45, 2.75) is 31.2 Å². The van der Waals surface area contributed by atoms with E-state index in [-0.39, 0.29) is 18.5 Å². The molecule has 2 N–H and O–H groups in total. The number of ether oxygens (including phenoxy) is 1. The minimum Gasteiger partial charge on any atom is -0.428 e. The number of rotatable bonds is 8. The molecule has 0 heterocycles. The van der Waals surface area contributed by atoms with Gasteiger partial charge in [-0.2, -0.15) is 17.6 Å². The third-order valence-corrected chi connectivity index (χ3v) is 2.66. The Morgan fingerprint density at radius 2 is 2.00 bits per heavy atom. The quantitative estimate of drug-likeness (QED) is 0.333. The predicted molar refractivity (Wildman–Crippen MR) is 67.6 cm³/mol. The van der Waals surface area contributed by atoms with Crippen LogP contribution in [0.3, 0.4) is 0 Å². The summed E-state index contributed by atoms with van der Waals surface area (Å²) >= 11 is 0. The van der Waals surface area contributed by atoms with Gasteiger partial charge in [-0.15, -0.1) is 0 Å². The maximum Gasteiger partial charge on any atom is 0.461 e. The second-order valence-corrected chi connectivity index (χ2v) is 4.29. The molecule has 0 aliphatic heterocycles. The monoisotopic (exact) mass is 323 g/mol. The van der Waals surface area contributed by atoms with Gasteiger partial charge in [0.25, 0.3) is 0 Å². The van der Waals surface area contributed by atoms with Gasteiger partial charge in [-0.25, -0.2) is 0 Å². The van der Waals surface area contributed by atoms with Gasteiger partial charge in [0.1, 0.15) is 11.9 Å². The Morgan fingerprint density at radius 3 is 2.59 bits per heavy atom. The number of benzene rings is 1. The van der Waals surface area contributed by atoms with Crippen molar-refractivity contribution in [1.82, 2.24) is 0 Å². The number of azide groups is 1.